The first-order valence-corrected chi connectivity index (χ1v) is 9.85. The molecule has 1 N–H and O–H groups in total. The molecule has 29 heavy (non-hydrogen) atoms. The van der Waals surface area contributed by atoms with Crippen molar-refractivity contribution in [1.82, 2.24) is 20.4 Å². The van der Waals surface area contributed by atoms with E-state index < -0.39 is 0 Å². The van der Waals surface area contributed by atoms with Crippen molar-refractivity contribution < 1.29 is 4.52 Å². The van der Waals surface area contributed by atoms with Gasteiger partial charge in [-0.05, 0) is 37.7 Å². The van der Waals surface area contributed by atoms with Gasteiger partial charge in [-0.25, -0.2) is 0 Å². The molecule has 0 radical (unpaired) electrons. The van der Waals surface area contributed by atoms with Crippen LogP contribution in [0, 0.1) is 6.92 Å². The van der Waals surface area contributed by atoms with Gasteiger partial charge in [-0.1, -0.05) is 65.3 Å². The fourth-order valence-electron chi connectivity index (χ4n) is 3.54. The van der Waals surface area contributed by atoms with Crippen LogP contribution in [0.3, 0.4) is 0 Å². The Morgan fingerprint density at radius 2 is 1.97 bits per heavy atom. The number of nitrogens with one attached hydrogen (secondary N) is 1. The zero-order chi connectivity index (χ0) is 20.4. The molecule has 2 heterocycles. The number of aryl methyl sites for hydroxylation is 1. The minimum absolute atomic E-state index is 0.171. The third-order valence-electron chi connectivity index (χ3n) is 4.97. The molecule has 0 fully saturated rings. The van der Waals surface area contributed by atoms with Crippen LogP contribution in [0.2, 0.25) is 0 Å². The highest BCUT2D eigenvalue weighted by molar-refractivity contribution is 7.80. The van der Waals surface area contributed by atoms with Crippen LogP contribution in [0.15, 0.2) is 77.5 Å². The van der Waals surface area contributed by atoms with Crippen molar-refractivity contribution >= 4 is 22.9 Å². The fraction of sp³-hybridized carbons (Fsp3) is 0.174. The highest BCUT2D eigenvalue weighted by Gasteiger charge is 2.33. The lowest BCUT2D eigenvalue weighted by atomic mass is 9.95. The second-order valence-corrected chi connectivity index (χ2v) is 7.37. The lowest BCUT2D eigenvalue weighted by molar-refractivity contribution is 0.399. The quantitative estimate of drug-likeness (QED) is 0.484. The normalized spacial score (nSPS) is 16.7. The van der Waals surface area contributed by atoms with Gasteiger partial charge in [0.15, 0.2) is 5.11 Å². The van der Waals surface area contributed by atoms with Crippen LogP contribution < -0.4 is 5.32 Å². The van der Waals surface area contributed by atoms with Gasteiger partial charge in [-0.15, -0.1) is 6.58 Å². The molecular weight excluding hydrogens is 380 g/mol. The van der Waals surface area contributed by atoms with Gasteiger partial charge in [0, 0.05) is 17.8 Å². The van der Waals surface area contributed by atoms with Gasteiger partial charge in [-0.2, -0.15) is 4.98 Å². The summed E-state index contributed by atoms with van der Waals surface area (Å²) in [6.07, 6.45) is 1.82. The van der Waals surface area contributed by atoms with Gasteiger partial charge in [0.1, 0.15) is 0 Å². The van der Waals surface area contributed by atoms with Crippen molar-refractivity contribution in [1.29, 1.82) is 0 Å². The van der Waals surface area contributed by atoms with Crippen molar-refractivity contribution in [2.45, 2.75) is 19.9 Å². The number of aromatic nitrogens is 2. The lowest BCUT2D eigenvalue weighted by Gasteiger charge is -2.36. The molecule has 5 nitrogen and oxygen atoms in total. The number of nitrogens with zero attached hydrogens (tertiary/aromatic N) is 3. The lowest BCUT2D eigenvalue weighted by Crippen LogP contribution is -2.45. The van der Waals surface area contributed by atoms with E-state index in [1.54, 1.807) is 0 Å². The van der Waals surface area contributed by atoms with Gasteiger partial charge in [0.25, 0.3) is 5.89 Å². The Kier molecular flexibility index (Phi) is 5.27. The Hall–Kier alpha value is -3.25. The van der Waals surface area contributed by atoms with E-state index in [9.17, 15) is 0 Å². The molecule has 4 rings (SSSR count). The van der Waals surface area contributed by atoms with Gasteiger partial charge in [-0.3, -0.25) is 0 Å². The maximum absolute atomic E-state index is 5.73. The van der Waals surface area contributed by atoms with Crippen molar-refractivity contribution in [2.75, 3.05) is 6.54 Å². The summed E-state index contributed by atoms with van der Waals surface area (Å²) in [7, 11) is 0. The van der Waals surface area contributed by atoms with E-state index in [0.29, 0.717) is 23.4 Å². The summed E-state index contributed by atoms with van der Waals surface area (Å²) in [5, 5.41) is 8.32. The molecule has 146 valence electrons. The molecule has 0 amide bonds. The molecule has 0 bridgehead atoms. The van der Waals surface area contributed by atoms with Crippen LogP contribution in [-0.2, 0) is 0 Å². The Morgan fingerprint density at radius 1 is 1.17 bits per heavy atom. The van der Waals surface area contributed by atoms with Crippen LogP contribution in [-0.4, -0.2) is 26.7 Å². The third-order valence-corrected chi connectivity index (χ3v) is 5.31. The number of benzene rings is 2. The van der Waals surface area contributed by atoms with Gasteiger partial charge < -0.3 is 14.7 Å². The Bertz CT molecular complexity index is 1090. The maximum Gasteiger partial charge on any atom is 0.258 e. The number of allylic oxidation sites excluding steroid dienone is 1. The second kappa shape index (κ2) is 8.01. The Labute approximate surface area is 175 Å². The summed E-state index contributed by atoms with van der Waals surface area (Å²) in [4.78, 5) is 6.71. The summed E-state index contributed by atoms with van der Waals surface area (Å²) in [6.45, 7) is 8.52. The molecule has 3 aromatic rings. The number of hydrogen-bond donors (Lipinski definition) is 1. The Balaban J connectivity index is 1.82. The second-order valence-electron chi connectivity index (χ2n) is 6.98. The molecule has 0 aliphatic carbocycles. The predicted octanol–water partition coefficient (Wildman–Crippen LogP) is 4.89. The van der Waals surface area contributed by atoms with E-state index in [4.69, 9.17) is 21.7 Å². The van der Waals surface area contributed by atoms with Gasteiger partial charge in [0.2, 0.25) is 5.82 Å². The fourth-order valence-corrected chi connectivity index (χ4v) is 3.87. The molecule has 1 atom stereocenters. The molecule has 0 spiro atoms. The summed E-state index contributed by atoms with van der Waals surface area (Å²) in [5.74, 6) is 1.05. The molecular formula is C23H22N4OS. The minimum atomic E-state index is -0.171. The molecule has 2 aromatic carbocycles. The van der Waals surface area contributed by atoms with Crippen LogP contribution in [0.4, 0.5) is 0 Å². The molecule has 6 heteroatoms. The maximum atomic E-state index is 5.73. The van der Waals surface area contributed by atoms with Crippen molar-refractivity contribution in [2.24, 2.45) is 0 Å². The summed E-state index contributed by atoms with van der Waals surface area (Å²) >= 11 is 5.61. The van der Waals surface area contributed by atoms with Crippen molar-refractivity contribution in [3.63, 3.8) is 0 Å². The number of hydrogen-bond acceptors (Lipinski definition) is 4. The monoisotopic (exact) mass is 402 g/mol. The largest absolute Gasteiger partial charge is 0.351 e. The zero-order valence-corrected chi connectivity index (χ0v) is 17.2. The topological polar surface area (TPSA) is 54.2 Å². The summed E-state index contributed by atoms with van der Waals surface area (Å²) in [6, 6.07) is 18.0. The molecule has 0 saturated carbocycles. The first kappa shape index (κ1) is 19.1. The van der Waals surface area contributed by atoms with Gasteiger partial charge in [0.05, 0.1) is 11.6 Å². The molecule has 1 aliphatic heterocycles. The zero-order valence-electron chi connectivity index (χ0n) is 16.4. The molecule has 0 saturated heterocycles. The van der Waals surface area contributed by atoms with E-state index in [1.807, 2.05) is 67.3 Å². The van der Waals surface area contributed by atoms with Crippen LogP contribution in [0.25, 0.3) is 17.0 Å². The van der Waals surface area contributed by atoms with Crippen LogP contribution >= 0.6 is 12.2 Å². The van der Waals surface area contributed by atoms with Crippen LogP contribution in [0.5, 0.6) is 0 Å². The first-order valence-electron chi connectivity index (χ1n) is 9.44. The van der Waals surface area contributed by atoms with Crippen molar-refractivity contribution in [3.05, 3.63) is 90.0 Å². The van der Waals surface area contributed by atoms with E-state index in [0.717, 1.165) is 28.0 Å². The standard InChI is InChI=1S/C23H22N4OS/c1-4-13-27-16(3)19(20(24-23(27)29)17-10-6-5-7-11-17)22-25-21(26-28-22)18-12-8-9-15(2)14-18/h4-12,14,20H,1,13H2,2-3H3,(H,24,29). The predicted molar refractivity (Wildman–Crippen MR) is 119 cm³/mol. The Morgan fingerprint density at radius 3 is 2.69 bits per heavy atom. The molecule has 1 unspecified atom stereocenters. The van der Waals surface area contributed by atoms with E-state index in [1.165, 1.54) is 0 Å². The van der Waals surface area contributed by atoms with Crippen LogP contribution in [0.1, 0.15) is 30.0 Å². The number of rotatable bonds is 5. The molecule has 1 aliphatic rings. The first-order chi connectivity index (χ1) is 14.1. The summed E-state index contributed by atoms with van der Waals surface area (Å²) in [5.41, 5.74) is 5.04. The van der Waals surface area contributed by atoms with Crippen molar-refractivity contribution in [3.8, 4) is 11.4 Å². The SMILES string of the molecule is C=CCN1C(=S)NC(c2ccccc2)C(c2nc(-c3cccc(C)c3)no2)=C1C. The highest BCUT2D eigenvalue weighted by atomic mass is 32.1. The summed E-state index contributed by atoms with van der Waals surface area (Å²) < 4.78 is 5.73. The highest BCUT2D eigenvalue weighted by Crippen LogP contribution is 2.37. The molecule has 1 aromatic heterocycles. The third kappa shape index (κ3) is 3.71. The van der Waals surface area contributed by atoms with Gasteiger partial charge >= 0.3 is 0 Å². The average molecular weight is 403 g/mol. The number of thiocarbonyl (C=S) groups is 1. The van der Waals surface area contributed by atoms with E-state index >= 15 is 0 Å². The minimum Gasteiger partial charge on any atom is -0.351 e. The average Bonchev–Trinajstić information content (AvgIpc) is 3.21. The smallest absolute Gasteiger partial charge is 0.258 e. The van der Waals surface area contributed by atoms with E-state index in [2.05, 4.69) is 29.2 Å². The van der Waals surface area contributed by atoms with E-state index in [-0.39, 0.29) is 6.04 Å².